The van der Waals surface area contributed by atoms with Gasteiger partial charge in [-0.2, -0.15) is 0 Å². The zero-order valence-corrected chi connectivity index (χ0v) is 17.7. The van der Waals surface area contributed by atoms with Crippen molar-refractivity contribution < 1.29 is 31.1 Å². The average molecular weight is 518 g/mol. The molecule has 0 atom stereocenters. The molecule has 0 amide bonds. The topological polar surface area (TPSA) is 78.3 Å². The number of aromatic nitrogens is 2. The summed E-state index contributed by atoms with van der Waals surface area (Å²) in [6.07, 6.45) is -0.0243. The second-order valence-corrected chi connectivity index (χ2v) is 16.1. The van der Waals surface area contributed by atoms with E-state index in [9.17, 15) is 26.4 Å². The van der Waals surface area contributed by atoms with Crippen molar-refractivity contribution in [3.8, 4) is 0 Å². The van der Waals surface area contributed by atoms with E-state index in [2.05, 4.69) is 9.84 Å². The van der Waals surface area contributed by atoms with Crippen LogP contribution in [0.15, 0.2) is 30.3 Å². The molecule has 6 nitrogen and oxygen atoms in total. The molecular weight excluding hydrogens is 500 g/mol. The van der Waals surface area contributed by atoms with E-state index < -0.39 is 36.9 Å². The Morgan fingerprint density at radius 3 is 2.33 bits per heavy atom. The van der Waals surface area contributed by atoms with Crippen LogP contribution in [0.1, 0.15) is 17.8 Å². The van der Waals surface area contributed by atoms with Crippen LogP contribution in [-0.2, 0) is 23.1 Å². The van der Waals surface area contributed by atoms with Crippen molar-refractivity contribution in [2.24, 2.45) is 0 Å². The maximum absolute atomic E-state index is 13.4. The molecule has 150 valence electrons. The van der Waals surface area contributed by atoms with Gasteiger partial charge >= 0.3 is 161 Å². The second-order valence-electron chi connectivity index (χ2n) is 5.46. The van der Waals surface area contributed by atoms with Crippen molar-refractivity contribution in [3.05, 3.63) is 48.9 Å². The van der Waals surface area contributed by atoms with E-state index in [0.29, 0.717) is 5.69 Å². The van der Waals surface area contributed by atoms with Crippen LogP contribution < -0.4 is 0 Å². The molecule has 27 heavy (non-hydrogen) atoms. The molecule has 0 saturated heterocycles. The monoisotopic (exact) mass is 518 g/mol. The number of hydrogen-bond acceptors (Lipinski definition) is 5. The van der Waals surface area contributed by atoms with Crippen molar-refractivity contribution in [1.82, 2.24) is 9.78 Å². The first-order valence-corrected chi connectivity index (χ1v) is 13.9. The van der Waals surface area contributed by atoms with Gasteiger partial charge in [0.2, 0.25) is 0 Å². The van der Waals surface area contributed by atoms with Gasteiger partial charge in [0.1, 0.15) is 0 Å². The molecule has 0 N–H and O–H groups in total. The molecule has 1 aromatic heterocycles. The van der Waals surface area contributed by atoms with Gasteiger partial charge in [0.25, 0.3) is 0 Å². The van der Waals surface area contributed by atoms with Gasteiger partial charge in [-0.15, -0.1) is 0 Å². The Morgan fingerprint density at radius 1 is 1.22 bits per heavy atom. The summed E-state index contributed by atoms with van der Waals surface area (Å²) in [4.78, 5) is 11.3. The number of ether oxygens (including phenoxy) is 1. The van der Waals surface area contributed by atoms with Crippen LogP contribution in [0.3, 0.4) is 0 Å². The number of alkyl halides is 3. The Balaban J connectivity index is 2.61. The summed E-state index contributed by atoms with van der Waals surface area (Å²) in [6.45, 7) is 3.09. The van der Waals surface area contributed by atoms with Gasteiger partial charge in [-0.05, 0) is 0 Å². The fourth-order valence-corrected chi connectivity index (χ4v) is 13.9. The number of hydrogen-bond donors (Lipinski definition) is 0. The van der Waals surface area contributed by atoms with Gasteiger partial charge < -0.3 is 0 Å². The summed E-state index contributed by atoms with van der Waals surface area (Å²) in [7, 11) is -4.17. The molecule has 1 heterocycles. The molecule has 0 fully saturated rings. The molecule has 0 saturated carbocycles. The van der Waals surface area contributed by atoms with E-state index >= 15 is 0 Å². The first kappa shape index (κ1) is 21.7. The van der Waals surface area contributed by atoms with Crippen LogP contribution >= 0.6 is 18.4 Å². The molecule has 1 aromatic carbocycles. The fourth-order valence-electron chi connectivity index (χ4n) is 2.38. The van der Waals surface area contributed by atoms with Crippen LogP contribution in [0, 0.1) is 21.0 Å². The normalized spacial score (nSPS) is 12.7. The first-order valence-electron chi connectivity index (χ1n) is 7.68. The number of carbonyl (C=O) groups excluding carboxylic acids is 1. The Morgan fingerprint density at radius 2 is 1.81 bits per heavy atom. The number of nitrogens with zero attached hydrogens (tertiary/aromatic N) is 2. The Labute approximate surface area is 160 Å². The molecule has 0 bridgehead atoms. The third-order valence-electron chi connectivity index (χ3n) is 3.63. The van der Waals surface area contributed by atoms with Crippen molar-refractivity contribution in [3.63, 3.8) is 0 Å². The molecule has 0 radical (unpaired) electrons. The zero-order valence-electron chi connectivity index (χ0n) is 14.7. The third-order valence-corrected chi connectivity index (χ3v) is 16.2. The van der Waals surface area contributed by atoms with E-state index in [1.54, 1.807) is 6.07 Å². The second kappa shape index (κ2) is 8.17. The van der Waals surface area contributed by atoms with Gasteiger partial charge in [0, 0.05) is 0 Å². The third kappa shape index (κ3) is 4.45. The van der Waals surface area contributed by atoms with E-state index in [-0.39, 0.29) is 25.8 Å². The number of carbonyl (C=O) groups is 1. The van der Waals surface area contributed by atoms with Gasteiger partial charge in [-0.1, -0.05) is 0 Å². The maximum atomic E-state index is 13.4. The van der Waals surface area contributed by atoms with Gasteiger partial charge in [0.05, 0.1) is 0 Å². The average Bonchev–Trinajstić information content (AvgIpc) is 2.87. The standard InChI is InChI=1S/C16H18F3IN2O4S/c1-11-15(12(2)22(21-11)10-9-14(23)26-3)20(13-7-5-4-6-8-13)27(24,25)16(17,18)19/h4-8H,9-10H2,1-3H3. The molecule has 2 rings (SSSR count). The molecular formula is C16H18F3IN2O4S. The zero-order chi connectivity index (χ0) is 20.4. The Kier molecular flexibility index (Phi) is 6.55. The number of esters is 1. The van der Waals surface area contributed by atoms with E-state index in [1.165, 1.54) is 49.9 Å². The van der Waals surface area contributed by atoms with E-state index in [0.717, 1.165) is 0 Å². The van der Waals surface area contributed by atoms with Crippen molar-refractivity contribution >= 4 is 31.4 Å². The summed E-state index contributed by atoms with van der Waals surface area (Å²) in [5.74, 6) is -0.495. The summed E-state index contributed by atoms with van der Waals surface area (Å²) < 4.78 is 71.2. The SMILES string of the molecule is COC(=O)CCn1nc(C)c(I(c2ccccc2)S(=O)(=O)C(F)(F)F)c1C. The van der Waals surface area contributed by atoms with Crippen LogP contribution in [0.2, 0.25) is 0 Å². The van der Waals surface area contributed by atoms with E-state index in [1.807, 2.05) is 0 Å². The number of aryl methyl sites for hydroxylation is 2. The number of benzene rings is 1. The first-order chi connectivity index (χ1) is 12.5. The van der Waals surface area contributed by atoms with Crippen molar-refractivity contribution in [2.75, 3.05) is 7.11 Å². The molecule has 0 spiro atoms. The Bertz CT molecular complexity index is 927. The summed E-state index contributed by atoms with van der Waals surface area (Å²) >= 11 is -3.98. The molecule has 0 aliphatic rings. The number of methoxy groups -OCH3 is 1. The summed E-state index contributed by atoms with van der Waals surface area (Å²) in [6, 6.07) is 7.44. The van der Waals surface area contributed by atoms with E-state index in [4.69, 9.17) is 0 Å². The number of halogens is 4. The molecule has 11 heteroatoms. The Hall–Kier alpha value is -1.63. The minimum absolute atomic E-state index is 0.0243. The molecule has 0 unspecified atom stereocenters. The number of rotatable bonds is 6. The van der Waals surface area contributed by atoms with Gasteiger partial charge in [-0.25, -0.2) is 0 Å². The van der Waals surface area contributed by atoms with Crippen LogP contribution in [-0.4, -0.2) is 36.8 Å². The molecule has 0 aliphatic heterocycles. The summed E-state index contributed by atoms with van der Waals surface area (Å²) in [5, 5.41) is 4.17. The van der Waals surface area contributed by atoms with Crippen molar-refractivity contribution in [1.29, 1.82) is 0 Å². The predicted molar refractivity (Wildman–Crippen MR) is 101 cm³/mol. The van der Waals surface area contributed by atoms with Crippen molar-refractivity contribution in [2.45, 2.75) is 32.3 Å². The molecule has 0 aliphatic carbocycles. The fraction of sp³-hybridized carbons (Fsp3) is 0.375. The summed E-state index contributed by atoms with van der Waals surface area (Å²) in [5.41, 5.74) is -4.82. The van der Waals surface area contributed by atoms with Crippen LogP contribution in [0.5, 0.6) is 0 Å². The van der Waals surface area contributed by atoms with Crippen LogP contribution in [0.25, 0.3) is 0 Å². The predicted octanol–water partition coefficient (Wildman–Crippen LogP) is 3.46. The minimum atomic E-state index is -5.40. The quantitative estimate of drug-likeness (QED) is 0.333. The van der Waals surface area contributed by atoms with Gasteiger partial charge in [0.15, 0.2) is 0 Å². The molecule has 2 aromatic rings. The van der Waals surface area contributed by atoms with Crippen LogP contribution in [0.4, 0.5) is 13.2 Å². The van der Waals surface area contributed by atoms with Gasteiger partial charge in [-0.3, -0.25) is 0 Å².